The molecule has 0 spiro atoms. The lowest BCUT2D eigenvalue weighted by molar-refractivity contribution is -0.131. The summed E-state index contributed by atoms with van der Waals surface area (Å²) in [4.78, 5) is 10.0. The van der Waals surface area contributed by atoms with Crippen molar-refractivity contribution in [2.45, 2.75) is 0 Å². The molecule has 0 aliphatic carbocycles. The Balaban J connectivity index is 2.71. The van der Waals surface area contributed by atoms with Crippen molar-refractivity contribution in [3.8, 4) is 0 Å². The van der Waals surface area contributed by atoms with E-state index in [0.717, 1.165) is 9.84 Å². The molecule has 0 bridgehead atoms. The van der Waals surface area contributed by atoms with Gasteiger partial charge in [0.2, 0.25) is 0 Å². The molecule has 0 amide bonds. The van der Waals surface area contributed by atoms with Crippen LogP contribution in [-0.2, 0) is 4.79 Å². The second kappa shape index (κ2) is 3.56. The van der Waals surface area contributed by atoms with Crippen LogP contribution in [0.15, 0.2) is 22.6 Å². The average Bonchev–Trinajstić information content (AvgIpc) is 2.31. The molecule has 0 aliphatic rings. The maximum Gasteiger partial charge on any atom is 0.328 e. The van der Waals surface area contributed by atoms with E-state index in [1.807, 2.05) is 22.6 Å². The standard InChI is InChI=1S/C7H5IO3/c8-6-3-1-5(11-6)2-4-7(9)10/h1-4H,(H,9,10). The molecule has 4 heteroatoms. The van der Waals surface area contributed by atoms with Crippen LogP contribution in [0.3, 0.4) is 0 Å². The molecular formula is C7H5IO3. The first kappa shape index (κ1) is 8.32. The van der Waals surface area contributed by atoms with Gasteiger partial charge in [-0.15, -0.1) is 0 Å². The smallest absolute Gasteiger partial charge is 0.328 e. The Labute approximate surface area is 76.8 Å². The summed E-state index contributed by atoms with van der Waals surface area (Å²) < 4.78 is 5.81. The van der Waals surface area contributed by atoms with E-state index >= 15 is 0 Å². The van der Waals surface area contributed by atoms with Crippen molar-refractivity contribution in [1.29, 1.82) is 0 Å². The largest absolute Gasteiger partial charge is 0.478 e. The minimum atomic E-state index is -0.976. The zero-order valence-corrected chi connectivity index (χ0v) is 7.61. The predicted molar refractivity (Wildman–Crippen MR) is 48.1 cm³/mol. The highest BCUT2D eigenvalue weighted by Gasteiger charge is 1.94. The van der Waals surface area contributed by atoms with Crippen molar-refractivity contribution in [1.82, 2.24) is 0 Å². The van der Waals surface area contributed by atoms with Crippen LogP contribution >= 0.6 is 22.6 Å². The van der Waals surface area contributed by atoms with Crippen LogP contribution in [0.25, 0.3) is 6.08 Å². The first-order valence-corrected chi connectivity index (χ1v) is 3.93. The monoisotopic (exact) mass is 264 g/mol. The molecule has 0 saturated heterocycles. The molecule has 1 aromatic heterocycles. The van der Waals surface area contributed by atoms with E-state index < -0.39 is 5.97 Å². The molecule has 0 unspecified atom stereocenters. The molecule has 0 atom stereocenters. The van der Waals surface area contributed by atoms with E-state index in [4.69, 9.17) is 9.52 Å². The Morgan fingerprint density at radius 1 is 1.64 bits per heavy atom. The lowest BCUT2D eigenvalue weighted by atomic mass is 10.4. The van der Waals surface area contributed by atoms with Crippen LogP contribution in [0, 0.1) is 3.77 Å². The van der Waals surface area contributed by atoms with Crippen LogP contribution in [0.4, 0.5) is 0 Å². The van der Waals surface area contributed by atoms with Gasteiger partial charge in [-0.1, -0.05) is 0 Å². The number of rotatable bonds is 2. The summed E-state index contributed by atoms with van der Waals surface area (Å²) in [5.74, 6) is -0.423. The summed E-state index contributed by atoms with van der Waals surface area (Å²) in [6.07, 6.45) is 2.44. The lowest BCUT2D eigenvalue weighted by Gasteiger charge is -1.81. The van der Waals surface area contributed by atoms with E-state index in [9.17, 15) is 4.79 Å². The van der Waals surface area contributed by atoms with Crippen LogP contribution < -0.4 is 0 Å². The maximum absolute atomic E-state index is 10.0. The fraction of sp³-hybridized carbons (Fsp3) is 0. The van der Waals surface area contributed by atoms with Gasteiger partial charge in [0.25, 0.3) is 0 Å². The number of carbonyl (C=O) groups is 1. The lowest BCUT2D eigenvalue weighted by Crippen LogP contribution is -1.84. The van der Waals surface area contributed by atoms with E-state index in [0.29, 0.717) is 5.76 Å². The summed E-state index contributed by atoms with van der Waals surface area (Å²) in [6.45, 7) is 0. The van der Waals surface area contributed by atoms with E-state index in [1.54, 1.807) is 12.1 Å². The summed E-state index contributed by atoms with van der Waals surface area (Å²) in [6, 6.07) is 3.48. The molecule has 1 rings (SSSR count). The third-order valence-corrected chi connectivity index (χ3v) is 1.56. The summed E-state index contributed by atoms with van der Waals surface area (Å²) in [7, 11) is 0. The maximum atomic E-state index is 10.0. The van der Waals surface area contributed by atoms with Crippen molar-refractivity contribution < 1.29 is 14.3 Å². The zero-order valence-electron chi connectivity index (χ0n) is 5.45. The normalized spacial score (nSPS) is 10.6. The third kappa shape index (κ3) is 2.75. The van der Waals surface area contributed by atoms with Gasteiger partial charge >= 0.3 is 5.97 Å². The number of furan rings is 1. The SMILES string of the molecule is O=C(O)C=Cc1ccc(I)o1. The van der Waals surface area contributed by atoms with Gasteiger partial charge in [0, 0.05) is 6.08 Å². The summed E-state index contributed by atoms with van der Waals surface area (Å²) in [5, 5.41) is 8.25. The number of halogens is 1. The number of hydrogen-bond donors (Lipinski definition) is 1. The van der Waals surface area contributed by atoms with Gasteiger partial charge in [0.15, 0.2) is 3.77 Å². The van der Waals surface area contributed by atoms with Crippen molar-refractivity contribution >= 4 is 34.6 Å². The van der Waals surface area contributed by atoms with E-state index in [1.165, 1.54) is 6.08 Å². The first-order chi connectivity index (χ1) is 5.18. The number of aliphatic carboxylic acids is 1. The Morgan fingerprint density at radius 2 is 2.36 bits per heavy atom. The van der Waals surface area contributed by atoms with Crippen LogP contribution in [-0.4, -0.2) is 11.1 Å². The summed E-state index contributed by atoms with van der Waals surface area (Å²) in [5.41, 5.74) is 0. The first-order valence-electron chi connectivity index (χ1n) is 2.85. The van der Waals surface area contributed by atoms with Gasteiger partial charge in [-0.3, -0.25) is 0 Å². The average molecular weight is 264 g/mol. The minimum Gasteiger partial charge on any atom is -0.478 e. The number of hydrogen-bond acceptors (Lipinski definition) is 2. The van der Waals surface area contributed by atoms with Crippen molar-refractivity contribution in [2.75, 3.05) is 0 Å². The van der Waals surface area contributed by atoms with Crippen LogP contribution in [0.2, 0.25) is 0 Å². The third-order valence-electron chi connectivity index (χ3n) is 0.984. The Hall–Kier alpha value is -0.780. The van der Waals surface area contributed by atoms with Gasteiger partial charge in [-0.25, -0.2) is 4.79 Å². The molecule has 0 saturated carbocycles. The number of carboxylic acids is 1. The van der Waals surface area contributed by atoms with E-state index in [2.05, 4.69) is 0 Å². The Bertz CT molecular complexity index is 288. The second-order valence-corrected chi connectivity index (χ2v) is 2.88. The van der Waals surface area contributed by atoms with Gasteiger partial charge in [0.05, 0.1) is 0 Å². The molecule has 1 heterocycles. The topological polar surface area (TPSA) is 50.4 Å². The number of carboxylic acid groups (broad SMARTS) is 1. The van der Waals surface area contributed by atoms with Crippen LogP contribution in [0.5, 0.6) is 0 Å². The molecule has 0 aromatic carbocycles. The van der Waals surface area contributed by atoms with Gasteiger partial charge < -0.3 is 9.52 Å². The van der Waals surface area contributed by atoms with Gasteiger partial charge in [-0.2, -0.15) is 0 Å². The minimum absolute atomic E-state index is 0.553. The van der Waals surface area contributed by atoms with Crippen molar-refractivity contribution in [2.24, 2.45) is 0 Å². The quantitative estimate of drug-likeness (QED) is 0.656. The molecule has 0 fully saturated rings. The molecule has 1 aromatic rings. The molecular weight excluding hydrogens is 259 g/mol. The second-order valence-electron chi connectivity index (χ2n) is 1.81. The molecule has 0 radical (unpaired) electrons. The van der Waals surface area contributed by atoms with Gasteiger partial charge in [-0.05, 0) is 40.8 Å². The fourth-order valence-corrected chi connectivity index (χ4v) is 1.01. The molecule has 0 aliphatic heterocycles. The highest BCUT2D eigenvalue weighted by atomic mass is 127. The molecule has 58 valence electrons. The Morgan fingerprint density at radius 3 is 2.82 bits per heavy atom. The van der Waals surface area contributed by atoms with E-state index in [-0.39, 0.29) is 0 Å². The molecule has 11 heavy (non-hydrogen) atoms. The highest BCUT2D eigenvalue weighted by molar-refractivity contribution is 14.1. The molecule has 1 N–H and O–H groups in total. The van der Waals surface area contributed by atoms with Crippen molar-refractivity contribution in [3.63, 3.8) is 0 Å². The fourth-order valence-electron chi connectivity index (χ4n) is 0.571. The summed E-state index contributed by atoms with van der Waals surface area (Å²) >= 11 is 2.01. The molecule has 3 nitrogen and oxygen atoms in total. The van der Waals surface area contributed by atoms with Gasteiger partial charge in [0.1, 0.15) is 5.76 Å². The van der Waals surface area contributed by atoms with Crippen molar-refractivity contribution in [3.05, 3.63) is 27.7 Å². The predicted octanol–water partition coefficient (Wildman–Crippen LogP) is 1.98. The highest BCUT2D eigenvalue weighted by Crippen LogP contribution is 2.10. The zero-order chi connectivity index (χ0) is 8.27. The van der Waals surface area contributed by atoms with Crippen LogP contribution in [0.1, 0.15) is 5.76 Å². The Kier molecular flexibility index (Phi) is 2.70.